The molecule has 0 unspecified atom stereocenters. The van der Waals surface area contributed by atoms with E-state index < -0.39 is 6.04 Å². The molecular formula is C23H29NO3. The Balaban J connectivity index is 2.22. The maximum Gasteiger partial charge on any atom is 0.328 e. The highest BCUT2D eigenvalue weighted by Crippen LogP contribution is 2.21. The number of esters is 1. The van der Waals surface area contributed by atoms with Crippen LogP contribution in [0.2, 0.25) is 0 Å². The number of nitrogens with one attached hydrogen (secondary N) is 1. The van der Waals surface area contributed by atoms with E-state index in [1.807, 2.05) is 45.9 Å². The average molecular weight is 367 g/mol. The summed E-state index contributed by atoms with van der Waals surface area (Å²) in [7, 11) is 1.38. The highest BCUT2D eigenvalue weighted by atomic mass is 16.5. The van der Waals surface area contributed by atoms with Gasteiger partial charge in [-0.15, -0.1) is 0 Å². The number of rotatable bonds is 7. The normalized spacial score (nSPS) is 12.0. The topological polar surface area (TPSA) is 55.4 Å². The zero-order valence-electron chi connectivity index (χ0n) is 17.1. The first-order chi connectivity index (χ1) is 12.7. The molecule has 1 atom stereocenters. The van der Waals surface area contributed by atoms with Crippen molar-refractivity contribution in [3.63, 3.8) is 0 Å². The third-order valence-electron chi connectivity index (χ3n) is 4.81. The van der Waals surface area contributed by atoms with E-state index in [0.717, 1.165) is 22.4 Å². The standard InChI is InChI=1S/C23H29NO3/c1-14(2)22(23(26)27-6)24-19-9-7-8-18(12-19)21(25)13-20-16(4)10-15(3)11-17(20)5/h7-12,14,22,24H,13H2,1-6H3/t22-/m0/s1. The summed E-state index contributed by atoms with van der Waals surface area (Å²) in [4.78, 5) is 24.8. The lowest BCUT2D eigenvalue weighted by molar-refractivity contribution is -0.142. The number of Topliss-reactive ketones (excluding diaryl/α,β-unsaturated/α-hetero) is 1. The molecule has 2 rings (SSSR count). The van der Waals surface area contributed by atoms with Gasteiger partial charge in [0.05, 0.1) is 7.11 Å². The molecule has 0 spiro atoms. The quantitative estimate of drug-likeness (QED) is 0.572. The van der Waals surface area contributed by atoms with E-state index in [9.17, 15) is 9.59 Å². The molecule has 0 aromatic heterocycles. The van der Waals surface area contributed by atoms with Crippen molar-refractivity contribution in [2.75, 3.05) is 12.4 Å². The van der Waals surface area contributed by atoms with Gasteiger partial charge in [0.1, 0.15) is 6.04 Å². The van der Waals surface area contributed by atoms with Crippen molar-refractivity contribution in [3.8, 4) is 0 Å². The van der Waals surface area contributed by atoms with Gasteiger partial charge in [0.25, 0.3) is 0 Å². The number of benzene rings is 2. The molecule has 0 aliphatic heterocycles. The molecule has 27 heavy (non-hydrogen) atoms. The number of hydrogen-bond acceptors (Lipinski definition) is 4. The van der Waals surface area contributed by atoms with Crippen molar-refractivity contribution in [1.82, 2.24) is 0 Å². The molecule has 0 amide bonds. The predicted molar refractivity (Wildman–Crippen MR) is 109 cm³/mol. The summed E-state index contributed by atoms with van der Waals surface area (Å²) in [6.07, 6.45) is 0.367. The fourth-order valence-electron chi connectivity index (χ4n) is 3.34. The Morgan fingerprint density at radius 3 is 2.22 bits per heavy atom. The van der Waals surface area contributed by atoms with Gasteiger partial charge in [-0.2, -0.15) is 0 Å². The summed E-state index contributed by atoms with van der Waals surface area (Å²) in [6.45, 7) is 10.1. The monoisotopic (exact) mass is 367 g/mol. The molecule has 2 aromatic carbocycles. The van der Waals surface area contributed by atoms with E-state index in [-0.39, 0.29) is 17.7 Å². The van der Waals surface area contributed by atoms with Crippen LogP contribution in [-0.4, -0.2) is 24.9 Å². The lowest BCUT2D eigenvalue weighted by atomic mass is 9.93. The first-order valence-electron chi connectivity index (χ1n) is 9.27. The number of hydrogen-bond donors (Lipinski definition) is 1. The molecule has 4 heteroatoms. The Kier molecular flexibility index (Phi) is 6.78. The molecule has 0 aliphatic rings. The minimum atomic E-state index is -0.457. The van der Waals surface area contributed by atoms with Gasteiger partial charge in [0.15, 0.2) is 5.78 Å². The van der Waals surface area contributed by atoms with Crippen molar-refractivity contribution < 1.29 is 14.3 Å². The first kappa shape index (κ1) is 20.7. The Bertz CT molecular complexity index is 816. The minimum absolute atomic E-state index is 0.0628. The number of carbonyl (C=O) groups excluding carboxylic acids is 2. The van der Waals surface area contributed by atoms with Crippen LogP contribution in [0.25, 0.3) is 0 Å². The summed E-state index contributed by atoms with van der Waals surface area (Å²) in [5, 5.41) is 3.19. The molecule has 0 saturated heterocycles. The van der Waals surface area contributed by atoms with Crippen LogP contribution < -0.4 is 5.32 Å². The second kappa shape index (κ2) is 8.85. The van der Waals surface area contributed by atoms with Crippen molar-refractivity contribution in [2.45, 2.75) is 47.1 Å². The minimum Gasteiger partial charge on any atom is -0.467 e. The molecule has 144 valence electrons. The van der Waals surface area contributed by atoms with Crippen LogP contribution in [0.4, 0.5) is 5.69 Å². The lowest BCUT2D eigenvalue weighted by Gasteiger charge is -2.21. The molecule has 0 bridgehead atoms. The largest absolute Gasteiger partial charge is 0.467 e. The van der Waals surface area contributed by atoms with Gasteiger partial charge in [-0.1, -0.05) is 43.7 Å². The summed E-state index contributed by atoms with van der Waals surface area (Å²) in [5.41, 5.74) is 5.93. The van der Waals surface area contributed by atoms with Gasteiger partial charge in [-0.3, -0.25) is 4.79 Å². The smallest absolute Gasteiger partial charge is 0.328 e. The average Bonchev–Trinajstić information content (AvgIpc) is 2.61. The van der Waals surface area contributed by atoms with Crippen LogP contribution in [0.15, 0.2) is 36.4 Å². The van der Waals surface area contributed by atoms with Gasteiger partial charge < -0.3 is 10.1 Å². The number of carbonyl (C=O) groups is 2. The Labute approximate surface area is 161 Å². The third kappa shape index (κ3) is 5.19. The molecule has 0 radical (unpaired) electrons. The summed E-state index contributed by atoms with van der Waals surface area (Å²) in [5.74, 6) is -0.185. The van der Waals surface area contributed by atoms with Gasteiger partial charge in [0.2, 0.25) is 0 Å². The lowest BCUT2D eigenvalue weighted by Crippen LogP contribution is -2.35. The van der Waals surface area contributed by atoms with E-state index in [4.69, 9.17) is 4.74 Å². The fourth-order valence-corrected chi connectivity index (χ4v) is 3.34. The van der Waals surface area contributed by atoms with Crippen molar-refractivity contribution >= 4 is 17.4 Å². The summed E-state index contributed by atoms with van der Waals surface area (Å²) < 4.78 is 4.87. The highest BCUT2D eigenvalue weighted by Gasteiger charge is 2.23. The zero-order valence-corrected chi connectivity index (χ0v) is 17.1. The third-order valence-corrected chi connectivity index (χ3v) is 4.81. The Hall–Kier alpha value is -2.62. The zero-order chi connectivity index (χ0) is 20.1. The number of anilines is 1. The molecule has 1 N–H and O–H groups in total. The van der Waals surface area contributed by atoms with E-state index in [1.54, 1.807) is 6.07 Å². The van der Waals surface area contributed by atoms with Crippen molar-refractivity contribution in [2.24, 2.45) is 5.92 Å². The SMILES string of the molecule is COC(=O)[C@@H](Nc1cccc(C(=O)Cc2c(C)cc(C)cc2C)c1)C(C)C. The van der Waals surface area contributed by atoms with E-state index in [0.29, 0.717) is 12.0 Å². The Morgan fingerprint density at radius 1 is 1.04 bits per heavy atom. The van der Waals surface area contributed by atoms with Crippen LogP contribution in [0.1, 0.15) is 46.5 Å². The van der Waals surface area contributed by atoms with E-state index in [1.165, 1.54) is 12.7 Å². The van der Waals surface area contributed by atoms with Crippen molar-refractivity contribution in [1.29, 1.82) is 0 Å². The Morgan fingerprint density at radius 2 is 1.67 bits per heavy atom. The molecule has 0 fully saturated rings. The van der Waals surface area contributed by atoms with Crippen LogP contribution in [-0.2, 0) is 16.0 Å². The second-order valence-corrected chi connectivity index (χ2v) is 7.45. The molecule has 0 saturated carbocycles. The fraction of sp³-hybridized carbons (Fsp3) is 0.391. The summed E-state index contributed by atoms with van der Waals surface area (Å²) >= 11 is 0. The van der Waals surface area contributed by atoms with Crippen LogP contribution in [0.3, 0.4) is 0 Å². The van der Waals surface area contributed by atoms with E-state index >= 15 is 0 Å². The molecule has 0 heterocycles. The van der Waals surface area contributed by atoms with Gasteiger partial charge in [0, 0.05) is 17.7 Å². The maximum absolute atomic E-state index is 12.8. The number of aryl methyl sites for hydroxylation is 3. The van der Waals surface area contributed by atoms with Gasteiger partial charge in [-0.05, 0) is 55.5 Å². The number of ether oxygens (including phenoxy) is 1. The van der Waals surface area contributed by atoms with Crippen LogP contribution in [0.5, 0.6) is 0 Å². The number of ketones is 1. The summed E-state index contributed by atoms with van der Waals surface area (Å²) in [6, 6.07) is 11.1. The van der Waals surface area contributed by atoms with Gasteiger partial charge >= 0.3 is 5.97 Å². The van der Waals surface area contributed by atoms with E-state index in [2.05, 4.69) is 24.4 Å². The maximum atomic E-state index is 12.8. The molecule has 2 aromatic rings. The van der Waals surface area contributed by atoms with Crippen LogP contribution >= 0.6 is 0 Å². The first-order valence-corrected chi connectivity index (χ1v) is 9.27. The van der Waals surface area contributed by atoms with Crippen molar-refractivity contribution in [3.05, 3.63) is 64.2 Å². The molecule has 0 aliphatic carbocycles. The molecule has 4 nitrogen and oxygen atoms in total. The molecular weight excluding hydrogens is 338 g/mol. The van der Waals surface area contributed by atoms with Gasteiger partial charge in [-0.25, -0.2) is 4.79 Å². The van der Waals surface area contributed by atoms with Crippen LogP contribution in [0, 0.1) is 26.7 Å². The predicted octanol–water partition coefficient (Wildman–Crippen LogP) is 4.65. The second-order valence-electron chi connectivity index (χ2n) is 7.45. The number of methoxy groups -OCH3 is 1. The highest BCUT2D eigenvalue weighted by molar-refractivity contribution is 5.98.